The van der Waals surface area contributed by atoms with Crippen molar-refractivity contribution in [2.45, 2.75) is 12.7 Å². The minimum Gasteiger partial charge on any atom is -0.497 e. The number of halogens is 3. The molecule has 26 heavy (non-hydrogen) atoms. The maximum atomic E-state index is 13.0. The number of carboxylic acid groups (broad SMARTS) is 1. The van der Waals surface area contributed by atoms with Gasteiger partial charge in [-0.2, -0.15) is 13.2 Å². The zero-order chi connectivity index (χ0) is 18.9. The van der Waals surface area contributed by atoms with Gasteiger partial charge in [0.2, 0.25) is 5.89 Å². The number of rotatable bonds is 5. The van der Waals surface area contributed by atoms with Crippen LogP contribution in [0.3, 0.4) is 0 Å². The number of carboxylic acids is 1. The molecule has 0 spiro atoms. The fourth-order valence-electron chi connectivity index (χ4n) is 3.07. The van der Waals surface area contributed by atoms with Crippen molar-refractivity contribution in [2.75, 3.05) is 20.2 Å². The Bertz CT molecular complexity index is 773. The second-order valence-electron chi connectivity index (χ2n) is 6.16. The molecule has 1 fully saturated rings. The molecule has 3 rings (SSSR count). The normalized spacial score (nSPS) is 21.1. The SMILES string of the molecule is COc1ccc(-c2nc(CN3C[C@@H](C(F)(F)F)[C@H](C(=O)O)C3)co2)cc1. The van der Waals surface area contributed by atoms with Crippen molar-refractivity contribution in [3.63, 3.8) is 0 Å². The van der Waals surface area contributed by atoms with Crippen LogP contribution in [0.25, 0.3) is 11.5 Å². The largest absolute Gasteiger partial charge is 0.497 e. The van der Waals surface area contributed by atoms with Crippen molar-refractivity contribution < 1.29 is 32.2 Å². The third-order valence-electron chi connectivity index (χ3n) is 4.41. The first-order valence-corrected chi connectivity index (χ1v) is 7.88. The summed E-state index contributed by atoms with van der Waals surface area (Å²) in [6.45, 7) is -0.453. The Morgan fingerprint density at radius 2 is 2.04 bits per heavy atom. The van der Waals surface area contributed by atoms with Gasteiger partial charge in [0.05, 0.1) is 24.6 Å². The van der Waals surface area contributed by atoms with E-state index in [4.69, 9.17) is 14.3 Å². The molecule has 0 unspecified atom stereocenters. The van der Waals surface area contributed by atoms with Gasteiger partial charge in [0.25, 0.3) is 0 Å². The van der Waals surface area contributed by atoms with Gasteiger partial charge in [0, 0.05) is 25.2 Å². The molecule has 1 N–H and O–H groups in total. The van der Waals surface area contributed by atoms with E-state index in [1.54, 1.807) is 31.4 Å². The average Bonchev–Trinajstić information content (AvgIpc) is 3.22. The Morgan fingerprint density at radius 1 is 1.35 bits per heavy atom. The van der Waals surface area contributed by atoms with Gasteiger partial charge in [-0.05, 0) is 24.3 Å². The molecule has 1 aliphatic rings. The number of methoxy groups -OCH3 is 1. The number of hydrogen-bond donors (Lipinski definition) is 1. The number of alkyl halides is 3. The lowest BCUT2D eigenvalue weighted by Crippen LogP contribution is -2.33. The number of likely N-dealkylation sites (tertiary alicyclic amines) is 1. The minimum atomic E-state index is -4.55. The summed E-state index contributed by atoms with van der Waals surface area (Å²) >= 11 is 0. The third kappa shape index (κ3) is 3.82. The maximum absolute atomic E-state index is 13.0. The Labute approximate surface area is 147 Å². The number of aromatic nitrogens is 1. The predicted molar refractivity (Wildman–Crippen MR) is 84.4 cm³/mol. The lowest BCUT2D eigenvalue weighted by molar-refractivity contribution is -0.188. The first-order valence-electron chi connectivity index (χ1n) is 7.88. The van der Waals surface area contributed by atoms with Crippen LogP contribution in [0.4, 0.5) is 13.2 Å². The summed E-state index contributed by atoms with van der Waals surface area (Å²) in [4.78, 5) is 16.8. The molecule has 9 heteroatoms. The van der Waals surface area contributed by atoms with E-state index < -0.39 is 24.0 Å². The van der Waals surface area contributed by atoms with Crippen LogP contribution in [0.2, 0.25) is 0 Å². The van der Waals surface area contributed by atoms with Crippen molar-refractivity contribution in [3.05, 3.63) is 36.2 Å². The van der Waals surface area contributed by atoms with E-state index in [-0.39, 0.29) is 19.6 Å². The van der Waals surface area contributed by atoms with Crippen molar-refractivity contribution >= 4 is 5.97 Å². The van der Waals surface area contributed by atoms with Crippen LogP contribution in [-0.4, -0.2) is 47.3 Å². The minimum absolute atomic E-state index is 0.0933. The van der Waals surface area contributed by atoms with Gasteiger partial charge >= 0.3 is 12.1 Å². The number of nitrogens with zero attached hydrogens (tertiary/aromatic N) is 2. The highest BCUT2D eigenvalue weighted by Crippen LogP contribution is 2.38. The fraction of sp³-hybridized carbons (Fsp3) is 0.412. The van der Waals surface area contributed by atoms with Crippen molar-refractivity contribution in [3.8, 4) is 17.2 Å². The van der Waals surface area contributed by atoms with E-state index in [2.05, 4.69) is 4.98 Å². The lowest BCUT2D eigenvalue weighted by atomic mass is 9.96. The number of aliphatic carboxylic acids is 1. The van der Waals surface area contributed by atoms with E-state index in [0.29, 0.717) is 22.9 Å². The van der Waals surface area contributed by atoms with Gasteiger partial charge in [-0.25, -0.2) is 4.98 Å². The molecule has 1 aromatic heterocycles. The number of ether oxygens (including phenoxy) is 1. The zero-order valence-electron chi connectivity index (χ0n) is 13.9. The van der Waals surface area contributed by atoms with E-state index >= 15 is 0 Å². The van der Waals surface area contributed by atoms with Crippen LogP contribution in [0.1, 0.15) is 5.69 Å². The monoisotopic (exact) mass is 370 g/mol. The van der Waals surface area contributed by atoms with Crippen LogP contribution in [0, 0.1) is 11.8 Å². The Balaban J connectivity index is 1.70. The molecule has 2 aromatic rings. The Hall–Kier alpha value is -2.55. The third-order valence-corrected chi connectivity index (χ3v) is 4.41. The summed E-state index contributed by atoms with van der Waals surface area (Å²) in [5.74, 6) is -3.77. The van der Waals surface area contributed by atoms with Crippen LogP contribution in [-0.2, 0) is 11.3 Å². The Morgan fingerprint density at radius 3 is 2.58 bits per heavy atom. The average molecular weight is 370 g/mol. The first-order chi connectivity index (χ1) is 12.3. The highest BCUT2D eigenvalue weighted by molar-refractivity contribution is 5.71. The lowest BCUT2D eigenvalue weighted by Gasteiger charge is -2.18. The van der Waals surface area contributed by atoms with Gasteiger partial charge in [-0.1, -0.05) is 0 Å². The second kappa shape index (κ2) is 6.99. The van der Waals surface area contributed by atoms with Gasteiger partial charge < -0.3 is 14.3 Å². The standard InChI is InChI=1S/C17H17F3N2O4/c1-25-12-4-2-10(3-5-12)15-21-11(9-26-15)6-22-7-13(16(23)24)14(8-22)17(18,19)20/h2-5,9,13-14H,6-8H2,1H3,(H,23,24)/t13-,14-/m1/s1. The van der Waals surface area contributed by atoms with E-state index in [1.807, 2.05) is 0 Å². The highest BCUT2D eigenvalue weighted by atomic mass is 19.4. The second-order valence-corrected chi connectivity index (χ2v) is 6.16. The van der Waals surface area contributed by atoms with Crippen molar-refractivity contribution in [1.29, 1.82) is 0 Å². The number of oxazole rings is 1. The summed E-state index contributed by atoms with van der Waals surface area (Å²) in [6, 6.07) is 6.99. The van der Waals surface area contributed by atoms with E-state index in [0.717, 1.165) is 0 Å². The van der Waals surface area contributed by atoms with Crippen molar-refractivity contribution in [1.82, 2.24) is 9.88 Å². The van der Waals surface area contributed by atoms with Gasteiger partial charge in [0.1, 0.15) is 12.0 Å². The summed E-state index contributed by atoms with van der Waals surface area (Å²) in [5, 5.41) is 9.06. The number of carbonyl (C=O) groups is 1. The molecule has 140 valence electrons. The molecule has 2 atom stereocenters. The molecular weight excluding hydrogens is 353 g/mol. The van der Waals surface area contributed by atoms with Crippen LogP contribution in [0.5, 0.6) is 5.75 Å². The van der Waals surface area contributed by atoms with E-state index in [9.17, 15) is 18.0 Å². The van der Waals surface area contributed by atoms with E-state index in [1.165, 1.54) is 11.2 Å². The molecule has 1 saturated heterocycles. The summed E-state index contributed by atoms with van der Waals surface area (Å²) in [7, 11) is 1.55. The molecule has 0 bridgehead atoms. The molecule has 1 aliphatic heterocycles. The molecule has 2 heterocycles. The van der Waals surface area contributed by atoms with Gasteiger partial charge in [-0.3, -0.25) is 9.69 Å². The molecule has 0 aliphatic carbocycles. The first kappa shape index (κ1) is 18.2. The zero-order valence-corrected chi connectivity index (χ0v) is 13.9. The molecule has 1 aromatic carbocycles. The molecule has 0 saturated carbocycles. The van der Waals surface area contributed by atoms with Crippen LogP contribution < -0.4 is 4.74 Å². The number of hydrogen-bond acceptors (Lipinski definition) is 5. The van der Waals surface area contributed by atoms with Gasteiger partial charge in [0.15, 0.2) is 0 Å². The molecule has 0 radical (unpaired) electrons. The summed E-state index contributed by atoms with van der Waals surface area (Å²) in [5.41, 5.74) is 1.15. The smallest absolute Gasteiger partial charge is 0.393 e. The predicted octanol–water partition coefficient (Wildman–Crippen LogP) is 3.05. The molecule has 0 amide bonds. The van der Waals surface area contributed by atoms with Crippen molar-refractivity contribution in [2.24, 2.45) is 11.8 Å². The quantitative estimate of drug-likeness (QED) is 0.872. The summed E-state index contributed by atoms with van der Waals surface area (Å²) < 4.78 is 49.6. The summed E-state index contributed by atoms with van der Waals surface area (Å²) in [6.07, 6.45) is -3.17. The molecular formula is C17H17F3N2O4. The molecule has 6 nitrogen and oxygen atoms in total. The van der Waals surface area contributed by atoms with Crippen LogP contribution in [0.15, 0.2) is 34.9 Å². The fourth-order valence-corrected chi connectivity index (χ4v) is 3.07. The highest BCUT2D eigenvalue weighted by Gasteiger charge is 2.52. The van der Waals surface area contributed by atoms with Gasteiger partial charge in [-0.15, -0.1) is 0 Å². The Kier molecular flexibility index (Phi) is 4.90. The topological polar surface area (TPSA) is 75.8 Å². The maximum Gasteiger partial charge on any atom is 0.393 e. The van der Waals surface area contributed by atoms with Crippen LogP contribution >= 0.6 is 0 Å². The number of benzene rings is 1.